The van der Waals surface area contributed by atoms with Crippen LogP contribution in [0.25, 0.3) is 0 Å². The number of carbonyl (C=O) groups is 1. The molecule has 0 saturated carbocycles. The molecular weight excluding hydrogens is 260 g/mol. The van der Waals surface area contributed by atoms with Crippen LogP contribution in [0.1, 0.15) is 27.0 Å². The minimum Gasteiger partial charge on any atom is -0.462 e. The summed E-state index contributed by atoms with van der Waals surface area (Å²) in [5.74, 6) is 0.412. The normalized spacial score (nSPS) is 10.2. The van der Waals surface area contributed by atoms with Gasteiger partial charge < -0.3 is 10.1 Å². The van der Waals surface area contributed by atoms with Gasteiger partial charge in [-0.15, -0.1) is 11.3 Å². The summed E-state index contributed by atoms with van der Waals surface area (Å²) < 4.78 is 4.90. The van der Waals surface area contributed by atoms with E-state index in [-0.39, 0.29) is 5.97 Å². The van der Waals surface area contributed by atoms with Crippen molar-refractivity contribution in [2.45, 2.75) is 20.4 Å². The van der Waals surface area contributed by atoms with Crippen molar-refractivity contribution in [2.24, 2.45) is 0 Å². The number of carbonyl (C=O) groups excluding carboxylic acids is 1. The molecule has 1 N–H and O–H groups in total. The Morgan fingerprint density at radius 3 is 2.79 bits per heavy atom. The minimum absolute atomic E-state index is 0.338. The molecule has 0 amide bonds. The molecule has 2 aromatic heterocycles. The Balaban J connectivity index is 1.93. The van der Waals surface area contributed by atoms with Crippen LogP contribution in [0.3, 0.4) is 0 Å². The molecule has 2 heterocycles. The van der Waals surface area contributed by atoms with Crippen LogP contribution in [-0.2, 0) is 11.3 Å². The molecule has 19 heavy (non-hydrogen) atoms. The molecule has 4 nitrogen and oxygen atoms in total. The molecule has 0 saturated heterocycles. The quantitative estimate of drug-likeness (QED) is 0.852. The largest absolute Gasteiger partial charge is 0.462 e. The number of anilines is 1. The van der Waals surface area contributed by atoms with Gasteiger partial charge in [-0.25, -0.2) is 9.78 Å². The van der Waals surface area contributed by atoms with E-state index in [1.54, 1.807) is 30.4 Å². The Hall–Kier alpha value is -1.88. The zero-order valence-electron chi connectivity index (χ0n) is 11.0. The average Bonchev–Trinajstić information content (AvgIpc) is 2.83. The molecular formula is C14H16N2O2S. The van der Waals surface area contributed by atoms with E-state index in [1.807, 2.05) is 0 Å². The van der Waals surface area contributed by atoms with Gasteiger partial charge in [0.1, 0.15) is 5.82 Å². The molecule has 0 aliphatic heterocycles. The number of esters is 1. The van der Waals surface area contributed by atoms with Crippen molar-refractivity contribution >= 4 is 23.1 Å². The summed E-state index contributed by atoms with van der Waals surface area (Å²) in [6.07, 6.45) is 1.53. The molecule has 0 unspecified atom stereocenters. The summed E-state index contributed by atoms with van der Waals surface area (Å²) in [5.41, 5.74) is 0.472. The standard InChI is InChI=1S/C14H16N2O2S/c1-3-18-14(17)11-5-7-13(15-8-11)16-9-12-6-4-10(2)19-12/h4-8H,3,9H2,1-2H3,(H,15,16). The predicted molar refractivity (Wildman–Crippen MR) is 76.6 cm³/mol. The van der Waals surface area contributed by atoms with Crippen LogP contribution in [0.4, 0.5) is 5.82 Å². The highest BCUT2D eigenvalue weighted by Crippen LogP contribution is 2.16. The lowest BCUT2D eigenvalue weighted by Gasteiger charge is -2.05. The lowest BCUT2D eigenvalue weighted by atomic mass is 10.3. The number of ether oxygens (including phenoxy) is 1. The van der Waals surface area contributed by atoms with Gasteiger partial charge in [-0.1, -0.05) is 0 Å². The molecule has 0 atom stereocenters. The highest BCUT2D eigenvalue weighted by Gasteiger charge is 2.06. The topological polar surface area (TPSA) is 51.2 Å². The molecule has 2 aromatic rings. The van der Waals surface area contributed by atoms with E-state index >= 15 is 0 Å². The van der Waals surface area contributed by atoms with E-state index in [0.717, 1.165) is 12.4 Å². The van der Waals surface area contributed by atoms with E-state index in [2.05, 4.69) is 29.4 Å². The number of aromatic nitrogens is 1. The fraction of sp³-hybridized carbons (Fsp3) is 0.286. The summed E-state index contributed by atoms with van der Waals surface area (Å²) in [4.78, 5) is 18.2. The van der Waals surface area contributed by atoms with Gasteiger partial charge in [-0.3, -0.25) is 0 Å². The molecule has 0 aromatic carbocycles. The molecule has 2 rings (SSSR count). The van der Waals surface area contributed by atoms with Crippen molar-refractivity contribution < 1.29 is 9.53 Å². The van der Waals surface area contributed by atoms with E-state index in [4.69, 9.17) is 4.74 Å². The number of hydrogen-bond acceptors (Lipinski definition) is 5. The highest BCUT2D eigenvalue weighted by atomic mass is 32.1. The molecule has 0 radical (unpaired) electrons. The fourth-order valence-electron chi connectivity index (χ4n) is 1.59. The van der Waals surface area contributed by atoms with Gasteiger partial charge >= 0.3 is 5.97 Å². The number of pyridine rings is 1. The third kappa shape index (κ3) is 3.79. The second kappa shape index (κ2) is 6.33. The van der Waals surface area contributed by atoms with Crippen LogP contribution in [0.5, 0.6) is 0 Å². The monoisotopic (exact) mass is 276 g/mol. The molecule has 0 aliphatic rings. The number of hydrogen-bond donors (Lipinski definition) is 1. The number of thiophene rings is 1. The third-order valence-corrected chi connectivity index (χ3v) is 3.52. The van der Waals surface area contributed by atoms with Crippen LogP contribution >= 0.6 is 11.3 Å². The smallest absolute Gasteiger partial charge is 0.339 e. The van der Waals surface area contributed by atoms with Gasteiger partial charge in [0.05, 0.1) is 18.7 Å². The Bertz CT molecular complexity index is 549. The van der Waals surface area contributed by atoms with Gasteiger partial charge in [0.2, 0.25) is 0 Å². The minimum atomic E-state index is -0.338. The first-order valence-corrected chi connectivity index (χ1v) is 6.93. The van der Waals surface area contributed by atoms with Crippen LogP contribution in [0.2, 0.25) is 0 Å². The summed E-state index contributed by atoms with van der Waals surface area (Å²) in [5, 5.41) is 3.22. The van der Waals surface area contributed by atoms with Crippen LogP contribution in [0, 0.1) is 6.92 Å². The Morgan fingerprint density at radius 2 is 2.21 bits per heavy atom. The van der Waals surface area contributed by atoms with Gasteiger partial charge in [-0.05, 0) is 38.1 Å². The molecule has 0 aliphatic carbocycles. The average molecular weight is 276 g/mol. The Morgan fingerprint density at radius 1 is 1.37 bits per heavy atom. The van der Waals surface area contributed by atoms with Gasteiger partial charge in [0, 0.05) is 16.0 Å². The van der Waals surface area contributed by atoms with Gasteiger partial charge in [0.25, 0.3) is 0 Å². The molecule has 0 bridgehead atoms. The summed E-state index contributed by atoms with van der Waals surface area (Å²) in [6.45, 7) is 4.98. The number of aryl methyl sites for hydroxylation is 1. The second-order valence-electron chi connectivity index (χ2n) is 4.02. The van der Waals surface area contributed by atoms with Crippen LogP contribution < -0.4 is 5.32 Å². The zero-order valence-corrected chi connectivity index (χ0v) is 11.8. The van der Waals surface area contributed by atoms with Crippen molar-refractivity contribution in [3.8, 4) is 0 Å². The SMILES string of the molecule is CCOC(=O)c1ccc(NCc2ccc(C)s2)nc1. The summed E-state index contributed by atoms with van der Waals surface area (Å²) in [7, 11) is 0. The Labute approximate surface area is 116 Å². The maximum atomic E-state index is 11.5. The van der Waals surface area contributed by atoms with E-state index < -0.39 is 0 Å². The zero-order chi connectivity index (χ0) is 13.7. The fourth-order valence-corrected chi connectivity index (χ4v) is 2.42. The van der Waals surface area contributed by atoms with E-state index in [9.17, 15) is 4.79 Å². The first-order chi connectivity index (χ1) is 9.19. The number of nitrogens with one attached hydrogen (secondary N) is 1. The van der Waals surface area contributed by atoms with Gasteiger partial charge in [-0.2, -0.15) is 0 Å². The van der Waals surface area contributed by atoms with Gasteiger partial charge in [0.15, 0.2) is 0 Å². The second-order valence-corrected chi connectivity index (χ2v) is 5.39. The highest BCUT2D eigenvalue weighted by molar-refractivity contribution is 7.11. The molecule has 0 spiro atoms. The predicted octanol–water partition coefficient (Wildman–Crippen LogP) is 3.24. The lowest BCUT2D eigenvalue weighted by Crippen LogP contribution is -2.06. The van der Waals surface area contributed by atoms with Crippen molar-refractivity contribution in [2.75, 3.05) is 11.9 Å². The number of nitrogens with zero attached hydrogens (tertiary/aromatic N) is 1. The maximum absolute atomic E-state index is 11.5. The third-order valence-electron chi connectivity index (χ3n) is 2.51. The molecule has 100 valence electrons. The lowest BCUT2D eigenvalue weighted by molar-refractivity contribution is 0.0526. The first kappa shape index (κ1) is 13.5. The first-order valence-electron chi connectivity index (χ1n) is 6.11. The maximum Gasteiger partial charge on any atom is 0.339 e. The molecule has 5 heteroatoms. The van der Waals surface area contributed by atoms with Crippen LogP contribution in [-0.4, -0.2) is 17.6 Å². The van der Waals surface area contributed by atoms with Crippen molar-refractivity contribution in [3.05, 3.63) is 45.8 Å². The number of rotatable bonds is 5. The summed E-state index contributed by atoms with van der Waals surface area (Å²) in [6, 6.07) is 7.69. The Kier molecular flexibility index (Phi) is 4.52. The van der Waals surface area contributed by atoms with E-state index in [0.29, 0.717) is 12.2 Å². The molecule has 0 fully saturated rings. The van der Waals surface area contributed by atoms with Crippen molar-refractivity contribution in [1.82, 2.24) is 4.98 Å². The van der Waals surface area contributed by atoms with Crippen LogP contribution in [0.15, 0.2) is 30.5 Å². The van der Waals surface area contributed by atoms with Crippen molar-refractivity contribution in [1.29, 1.82) is 0 Å². The van der Waals surface area contributed by atoms with E-state index in [1.165, 1.54) is 16.0 Å². The summed E-state index contributed by atoms with van der Waals surface area (Å²) >= 11 is 1.76. The van der Waals surface area contributed by atoms with Crippen molar-refractivity contribution in [3.63, 3.8) is 0 Å².